The smallest absolute Gasteiger partial charge is 0.243 e. The molecule has 1 saturated heterocycles. The summed E-state index contributed by atoms with van der Waals surface area (Å²) in [5.41, 5.74) is 13.6. The normalized spacial score (nSPS) is 16.8. The molecule has 32 heavy (non-hydrogen) atoms. The Morgan fingerprint density at radius 3 is 2.81 bits per heavy atom. The van der Waals surface area contributed by atoms with E-state index in [0.29, 0.717) is 41.9 Å². The number of aromatic nitrogens is 1. The minimum atomic E-state index is -0.720. The maximum atomic E-state index is 13.0. The highest BCUT2D eigenvalue weighted by atomic mass is 16.5. The molecule has 1 aromatic carbocycles. The molecule has 0 bridgehead atoms. The number of nitrogen functional groups attached to an aromatic ring is 1. The number of furan rings is 1. The minimum absolute atomic E-state index is 0.198. The first-order chi connectivity index (χ1) is 15.5. The quantitative estimate of drug-likeness (QED) is 0.510. The van der Waals surface area contributed by atoms with E-state index in [2.05, 4.69) is 10.3 Å². The molecular formula is C23H27N5O4. The van der Waals surface area contributed by atoms with Crippen LogP contribution in [0.5, 0.6) is 5.75 Å². The summed E-state index contributed by atoms with van der Waals surface area (Å²) in [5, 5.41) is 3.57. The second-order valence-corrected chi connectivity index (χ2v) is 7.89. The number of fused-ring (bicyclic) bond motifs is 1. The van der Waals surface area contributed by atoms with Gasteiger partial charge in [-0.15, -0.1) is 0 Å². The van der Waals surface area contributed by atoms with Crippen molar-refractivity contribution in [1.29, 1.82) is 0 Å². The van der Waals surface area contributed by atoms with Crippen molar-refractivity contribution in [1.82, 2.24) is 15.2 Å². The zero-order chi connectivity index (χ0) is 22.7. The van der Waals surface area contributed by atoms with E-state index in [0.717, 1.165) is 17.7 Å². The molecule has 3 heterocycles. The molecule has 2 atom stereocenters. The highest BCUT2D eigenvalue weighted by molar-refractivity contribution is 5.91. The Bertz CT molecular complexity index is 1110. The number of carbonyl (C=O) groups excluding carboxylic acids is 2. The van der Waals surface area contributed by atoms with Crippen LogP contribution in [0.25, 0.3) is 11.0 Å². The van der Waals surface area contributed by atoms with E-state index in [1.807, 2.05) is 24.3 Å². The molecule has 2 aromatic heterocycles. The number of nitrogens with one attached hydrogen (secondary N) is 1. The predicted molar refractivity (Wildman–Crippen MR) is 120 cm³/mol. The number of anilines is 1. The highest BCUT2D eigenvalue weighted by Crippen LogP contribution is 2.23. The van der Waals surface area contributed by atoms with Gasteiger partial charge in [-0.1, -0.05) is 12.1 Å². The van der Waals surface area contributed by atoms with Crippen molar-refractivity contribution >= 4 is 28.6 Å². The van der Waals surface area contributed by atoms with Crippen molar-refractivity contribution in [3.8, 4) is 5.75 Å². The average Bonchev–Trinajstić information content (AvgIpc) is 3.45. The number of methoxy groups -OCH3 is 1. The molecular weight excluding hydrogens is 410 g/mol. The van der Waals surface area contributed by atoms with Gasteiger partial charge in [-0.3, -0.25) is 9.59 Å². The van der Waals surface area contributed by atoms with E-state index >= 15 is 0 Å². The Morgan fingerprint density at radius 2 is 2.09 bits per heavy atom. The third kappa shape index (κ3) is 4.52. The molecule has 1 fully saturated rings. The van der Waals surface area contributed by atoms with Gasteiger partial charge in [0.2, 0.25) is 11.8 Å². The van der Waals surface area contributed by atoms with Gasteiger partial charge in [0.25, 0.3) is 0 Å². The van der Waals surface area contributed by atoms with Crippen molar-refractivity contribution in [2.75, 3.05) is 19.4 Å². The summed E-state index contributed by atoms with van der Waals surface area (Å²) in [6, 6.07) is 9.66. The van der Waals surface area contributed by atoms with Gasteiger partial charge in [-0.05, 0) is 49.1 Å². The number of carbonyl (C=O) groups is 2. The number of likely N-dealkylation sites (tertiary alicyclic amines) is 1. The first-order valence-corrected chi connectivity index (χ1v) is 10.6. The highest BCUT2D eigenvalue weighted by Gasteiger charge is 2.36. The van der Waals surface area contributed by atoms with Crippen molar-refractivity contribution in [2.45, 2.75) is 37.9 Å². The van der Waals surface area contributed by atoms with E-state index in [1.54, 1.807) is 30.3 Å². The third-order valence-electron chi connectivity index (χ3n) is 5.73. The summed E-state index contributed by atoms with van der Waals surface area (Å²) in [6.07, 6.45) is 3.32. The van der Waals surface area contributed by atoms with Crippen molar-refractivity contribution in [3.05, 3.63) is 53.9 Å². The van der Waals surface area contributed by atoms with E-state index in [1.165, 1.54) is 0 Å². The van der Waals surface area contributed by atoms with Crippen LogP contribution in [0.2, 0.25) is 0 Å². The molecule has 0 saturated carbocycles. The minimum Gasteiger partial charge on any atom is -0.497 e. The lowest BCUT2D eigenvalue weighted by Gasteiger charge is -2.26. The maximum absolute atomic E-state index is 13.0. The van der Waals surface area contributed by atoms with Gasteiger partial charge >= 0.3 is 0 Å². The average molecular weight is 438 g/mol. The number of ether oxygens (including phenoxy) is 1. The van der Waals surface area contributed by atoms with Crippen LogP contribution >= 0.6 is 0 Å². The Hall–Kier alpha value is -3.59. The van der Waals surface area contributed by atoms with Gasteiger partial charge in [0.1, 0.15) is 29.0 Å². The molecule has 4 rings (SSSR count). The SMILES string of the molecule is COc1ccc(C[C@@H](N)C(=O)N2CCC[C@H]2C(=O)NCc2cc3c(N)nccc3o2)cc1. The van der Waals surface area contributed by atoms with Gasteiger partial charge in [-0.25, -0.2) is 4.98 Å². The second kappa shape index (κ2) is 9.27. The van der Waals surface area contributed by atoms with E-state index in [-0.39, 0.29) is 18.4 Å². The van der Waals surface area contributed by atoms with E-state index in [9.17, 15) is 9.59 Å². The Labute approximate surface area is 185 Å². The Balaban J connectivity index is 1.36. The number of amides is 2. The molecule has 0 spiro atoms. The van der Waals surface area contributed by atoms with Crippen molar-refractivity contribution < 1.29 is 18.7 Å². The third-order valence-corrected chi connectivity index (χ3v) is 5.73. The summed E-state index contributed by atoms with van der Waals surface area (Å²) in [7, 11) is 1.60. The van der Waals surface area contributed by atoms with E-state index in [4.69, 9.17) is 20.6 Å². The van der Waals surface area contributed by atoms with Crippen LogP contribution in [0, 0.1) is 0 Å². The Kier molecular flexibility index (Phi) is 6.27. The number of rotatable bonds is 7. The number of pyridine rings is 1. The van der Waals surface area contributed by atoms with Crippen molar-refractivity contribution in [2.24, 2.45) is 5.73 Å². The van der Waals surface area contributed by atoms with Gasteiger partial charge < -0.3 is 30.8 Å². The number of hydrogen-bond donors (Lipinski definition) is 3. The zero-order valence-corrected chi connectivity index (χ0v) is 17.9. The van der Waals surface area contributed by atoms with Gasteiger partial charge in [0.15, 0.2) is 0 Å². The van der Waals surface area contributed by atoms with Crippen LogP contribution < -0.4 is 21.5 Å². The molecule has 9 heteroatoms. The molecule has 3 aromatic rings. The largest absolute Gasteiger partial charge is 0.497 e. The number of nitrogens with zero attached hydrogens (tertiary/aromatic N) is 2. The van der Waals surface area contributed by atoms with Gasteiger partial charge in [-0.2, -0.15) is 0 Å². The van der Waals surface area contributed by atoms with Crippen LogP contribution in [0.15, 0.2) is 47.0 Å². The van der Waals surface area contributed by atoms with Crippen LogP contribution in [-0.4, -0.2) is 47.4 Å². The van der Waals surface area contributed by atoms with Crippen LogP contribution in [0.4, 0.5) is 5.82 Å². The summed E-state index contributed by atoms with van der Waals surface area (Å²) in [6.45, 7) is 0.712. The zero-order valence-electron chi connectivity index (χ0n) is 17.9. The maximum Gasteiger partial charge on any atom is 0.243 e. The monoisotopic (exact) mass is 437 g/mol. The molecule has 1 aliphatic rings. The fourth-order valence-electron chi connectivity index (χ4n) is 4.03. The molecule has 1 aliphatic heterocycles. The summed E-state index contributed by atoms with van der Waals surface area (Å²) in [5.74, 6) is 1.25. The van der Waals surface area contributed by atoms with Crippen LogP contribution in [0.1, 0.15) is 24.2 Å². The fourth-order valence-corrected chi connectivity index (χ4v) is 4.03. The first kappa shape index (κ1) is 21.6. The van der Waals surface area contributed by atoms with Crippen molar-refractivity contribution in [3.63, 3.8) is 0 Å². The number of hydrogen-bond acceptors (Lipinski definition) is 7. The number of nitrogens with two attached hydrogens (primary N) is 2. The molecule has 168 valence electrons. The lowest BCUT2D eigenvalue weighted by molar-refractivity contribution is -0.139. The number of benzene rings is 1. The second-order valence-electron chi connectivity index (χ2n) is 7.89. The van der Waals surface area contributed by atoms with Crippen LogP contribution in [0.3, 0.4) is 0 Å². The molecule has 2 amide bonds. The Morgan fingerprint density at radius 1 is 1.31 bits per heavy atom. The lowest BCUT2D eigenvalue weighted by Crippen LogP contribution is -2.51. The molecule has 0 unspecified atom stereocenters. The fraction of sp³-hybridized carbons (Fsp3) is 0.348. The van der Waals surface area contributed by atoms with Gasteiger partial charge in [0.05, 0.1) is 25.1 Å². The lowest BCUT2D eigenvalue weighted by atomic mass is 10.0. The first-order valence-electron chi connectivity index (χ1n) is 10.6. The van der Waals surface area contributed by atoms with Crippen LogP contribution in [-0.2, 0) is 22.6 Å². The van der Waals surface area contributed by atoms with E-state index < -0.39 is 12.1 Å². The summed E-state index contributed by atoms with van der Waals surface area (Å²) >= 11 is 0. The summed E-state index contributed by atoms with van der Waals surface area (Å²) < 4.78 is 10.9. The standard InChI is InChI=1S/C23H27N5O4/c1-31-15-6-4-14(5-7-15)11-18(24)23(30)28-10-2-3-19(28)22(29)27-13-16-12-17-20(32-16)8-9-26-21(17)25/h4-9,12,18-19H,2-3,10-11,13,24H2,1H3,(H2,25,26)(H,27,29)/t18-,19+/m1/s1. The topological polar surface area (TPSA) is 137 Å². The molecule has 9 nitrogen and oxygen atoms in total. The molecule has 0 radical (unpaired) electrons. The predicted octanol–water partition coefficient (Wildman–Crippen LogP) is 1.60. The molecule has 0 aliphatic carbocycles. The molecule has 5 N–H and O–H groups in total. The van der Waals surface area contributed by atoms with Gasteiger partial charge in [0, 0.05) is 12.7 Å². The summed E-state index contributed by atoms with van der Waals surface area (Å²) in [4.78, 5) is 31.4.